The lowest BCUT2D eigenvalue weighted by molar-refractivity contribution is -0.138. The molecule has 0 spiro atoms. The number of amides is 2. The average molecular weight is 446 g/mol. The third kappa shape index (κ3) is 4.14. The SMILES string of the molecule is Cc1ccc(S(=O)(=O)N2C(=O)CCC2C(=O)N2CCN(c3ccc(F)cc3)CC2)cc1. The summed E-state index contributed by atoms with van der Waals surface area (Å²) in [5, 5.41) is 0. The van der Waals surface area contributed by atoms with E-state index in [-0.39, 0.29) is 29.5 Å². The molecule has 31 heavy (non-hydrogen) atoms. The molecule has 2 heterocycles. The summed E-state index contributed by atoms with van der Waals surface area (Å²) in [6, 6.07) is 11.4. The van der Waals surface area contributed by atoms with Gasteiger partial charge in [0.15, 0.2) is 0 Å². The Morgan fingerprint density at radius 1 is 0.968 bits per heavy atom. The molecule has 0 bridgehead atoms. The molecule has 4 rings (SSSR count). The quantitative estimate of drug-likeness (QED) is 0.721. The van der Waals surface area contributed by atoms with E-state index in [1.807, 2.05) is 11.8 Å². The summed E-state index contributed by atoms with van der Waals surface area (Å²) in [6.07, 6.45) is 0.206. The van der Waals surface area contributed by atoms with Crippen molar-refractivity contribution in [2.24, 2.45) is 0 Å². The fourth-order valence-electron chi connectivity index (χ4n) is 4.06. The lowest BCUT2D eigenvalue weighted by Gasteiger charge is -2.38. The number of piperazine rings is 1. The van der Waals surface area contributed by atoms with Crippen LogP contribution in [0.5, 0.6) is 0 Å². The lowest BCUT2D eigenvalue weighted by Crippen LogP contribution is -2.55. The number of sulfonamides is 1. The van der Waals surface area contributed by atoms with Gasteiger partial charge in [-0.05, 0) is 49.7 Å². The number of rotatable bonds is 4. The molecule has 9 heteroatoms. The predicted molar refractivity (Wildman–Crippen MR) is 113 cm³/mol. The maximum absolute atomic E-state index is 13.2. The van der Waals surface area contributed by atoms with Crippen molar-refractivity contribution in [3.8, 4) is 0 Å². The first-order chi connectivity index (χ1) is 14.8. The van der Waals surface area contributed by atoms with Gasteiger partial charge in [-0.15, -0.1) is 0 Å². The maximum atomic E-state index is 13.2. The molecule has 1 unspecified atom stereocenters. The Bertz CT molecular complexity index is 1080. The number of hydrogen-bond acceptors (Lipinski definition) is 5. The zero-order valence-corrected chi connectivity index (χ0v) is 18.0. The number of nitrogens with zero attached hydrogens (tertiary/aromatic N) is 3. The van der Waals surface area contributed by atoms with Crippen molar-refractivity contribution in [3.63, 3.8) is 0 Å². The van der Waals surface area contributed by atoms with E-state index < -0.39 is 22.0 Å². The van der Waals surface area contributed by atoms with Crippen molar-refractivity contribution in [1.82, 2.24) is 9.21 Å². The molecule has 2 aromatic carbocycles. The van der Waals surface area contributed by atoms with Crippen molar-refractivity contribution in [3.05, 3.63) is 59.9 Å². The van der Waals surface area contributed by atoms with E-state index in [0.717, 1.165) is 15.6 Å². The van der Waals surface area contributed by atoms with Crippen LogP contribution in [-0.4, -0.2) is 61.7 Å². The number of benzene rings is 2. The van der Waals surface area contributed by atoms with Crippen molar-refractivity contribution in [2.45, 2.75) is 30.7 Å². The van der Waals surface area contributed by atoms with Crippen LogP contribution in [0.25, 0.3) is 0 Å². The van der Waals surface area contributed by atoms with Gasteiger partial charge < -0.3 is 9.80 Å². The standard InChI is InChI=1S/C22H24FN3O4S/c1-16-2-8-19(9-3-16)31(29,30)26-20(10-11-21(26)27)22(28)25-14-12-24(13-15-25)18-6-4-17(23)5-7-18/h2-9,20H,10-15H2,1H3. The van der Waals surface area contributed by atoms with Crippen molar-refractivity contribution >= 4 is 27.5 Å². The minimum absolute atomic E-state index is 0.00674. The number of carbonyl (C=O) groups excluding carboxylic acids is 2. The Hall–Kier alpha value is -2.94. The molecule has 2 aromatic rings. The van der Waals surface area contributed by atoms with Gasteiger partial charge in [0.1, 0.15) is 11.9 Å². The fraction of sp³-hybridized carbons (Fsp3) is 0.364. The monoisotopic (exact) mass is 445 g/mol. The fourth-order valence-corrected chi connectivity index (χ4v) is 5.66. The first kappa shape index (κ1) is 21.3. The van der Waals surface area contributed by atoms with Crippen LogP contribution in [0, 0.1) is 12.7 Å². The summed E-state index contributed by atoms with van der Waals surface area (Å²) >= 11 is 0. The molecule has 0 N–H and O–H groups in total. The van der Waals surface area contributed by atoms with Crippen molar-refractivity contribution < 1.29 is 22.4 Å². The normalized spacial score (nSPS) is 19.7. The molecular weight excluding hydrogens is 421 g/mol. The molecular formula is C22H24FN3O4S. The van der Waals surface area contributed by atoms with Gasteiger partial charge in [-0.25, -0.2) is 17.1 Å². The van der Waals surface area contributed by atoms with Gasteiger partial charge in [0.05, 0.1) is 4.90 Å². The summed E-state index contributed by atoms with van der Waals surface area (Å²) in [4.78, 5) is 29.3. The predicted octanol–water partition coefficient (Wildman–Crippen LogP) is 2.16. The van der Waals surface area contributed by atoms with Crippen LogP contribution < -0.4 is 4.90 Å². The highest BCUT2D eigenvalue weighted by Gasteiger charge is 2.45. The number of anilines is 1. The first-order valence-corrected chi connectivity index (χ1v) is 11.6. The summed E-state index contributed by atoms with van der Waals surface area (Å²) in [5.41, 5.74) is 1.77. The van der Waals surface area contributed by atoms with E-state index in [1.54, 1.807) is 29.2 Å². The molecule has 0 aliphatic carbocycles. The van der Waals surface area contributed by atoms with Gasteiger partial charge in [0, 0.05) is 38.3 Å². The van der Waals surface area contributed by atoms with Crippen molar-refractivity contribution in [1.29, 1.82) is 0 Å². The van der Waals surface area contributed by atoms with Crippen LogP contribution in [0.15, 0.2) is 53.4 Å². The van der Waals surface area contributed by atoms with Crippen LogP contribution >= 0.6 is 0 Å². The summed E-state index contributed by atoms with van der Waals surface area (Å²) in [6.45, 7) is 3.74. The molecule has 0 radical (unpaired) electrons. The smallest absolute Gasteiger partial charge is 0.267 e. The zero-order valence-electron chi connectivity index (χ0n) is 17.2. The second-order valence-corrected chi connectivity index (χ2v) is 9.67. The largest absolute Gasteiger partial charge is 0.368 e. The first-order valence-electron chi connectivity index (χ1n) is 10.2. The maximum Gasteiger partial charge on any atom is 0.267 e. The second-order valence-electron chi connectivity index (χ2n) is 7.85. The molecule has 2 fully saturated rings. The van der Waals surface area contributed by atoms with Gasteiger partial charge in [0.2, 0.25) is 11.8 Å². The Balaban J connectivity index is 1.48. The topological polar surface area (TPSA) is 78.0 Å². The van der Waals surface area contributed by atoms with E-state index in [0.29, 0.717) is 26.2 Å². The van der Waals surface area contributed by atoms with Gasteiger partial charge in [-0.3, -0.25) is 9.59 Å². The van der Waals surface area contributed by atoms with Gasteiger partial charge in [-0.1, -0.05) is 17.7 Å². The number of halogens is 1. The Morgan fingerprint density at radius 2 is 1.58 bits per heavy atom. The highest BCUT2D eigenvalue weighted by atomic mass is 32.2. The van der Waals surface area contributed by atoms with Gasteiger partial charge in [-0.2, -0.15) is 0 Å². The molecule has 164 valence electrons. The lowest BCUT2D eigenvalue weighted by atomic mass is 10.1. The average Bonchev–Trinajstić information content (AvgIpc) is 3.16. The van der Waals surface area contributed by atoms with E-state index in [9.17, 15) is 22.4 Å². The molecule has 2 aliphatic heterocycles. The Morgan fingerprint density at radius 3 is 2.19 bits per heavy atom. The third-order valence-corrected chi connectivity index (χ3v) is 7.65. The van der Waals surface area contributed by atoms with Crippen LogP contribution in [-0.2, 0) is 19.6 Å². The Kier molecular flexibility index (Phi) is 5.70. The number of aryl methyl sites for hydroxylation is 1. The van der Waals surface area contributed by atoms with Crippen LogP contribution in [0.2, 0.25) is 0 Å². The summed E-state index contributed by atoms with van der Waals surface area (Å²) in [7, 11) is -4.10. The Labute approximate surface area is 181 Å². The molecule has 7 nitrogen and oxygen atoms in total. The molecule has 2 aliphatic rings. The third-order valence-electron chi connectivity index (χ3n) is 5.81. The minimum atomic E-state index is -4.10. The van der Waals surface area contributed by atoms with Crippen LogP contribution in [0.4, 0.5) is 10.1 Å². The van der Waals surface area contributed by atoms with Gasteiger partial charge >= 0.3 is 0 Å². The van der Waals surface area contributed by atoms with Gasteiger partial charge in [0.25, 0.3) is 10.0 Å². The van der Waals surface area contributed by atoms with E-state index in [1.165, 1.54) is 24.3 Å². The molecule has 2 saturated heterocycles. The van der Waals surface area contributed by atoms with E-state index in [2.05, 4.69) is 0 Å². The zero-order chi connectivity index (χ0) is 22.2. The molecule has 2 amide bonds. The van der Waals surface area contributed by atoms with Crippen LogP contribution in [0.1, 0.15) is 18.4 Å². The highest BCUT2D eigenvalue weighted by Crippen LogP contribution is 2.29. The number of carbonyl (C=O) groups is 2. The second kappa shape index (κ2) is 8.30. The van der Waals surface area contributed by atoms with E-state index >= 15 is 0 Å². The highest BCUT2D eigenvalue weighted by molar-refractivity contribution is 7.89. The minimum Gasteiger partial charge on any atom is -0.368 e. The molecule has 1 atom stereocenters. The van der Waals surface area contributed by atoms with Crippen LogP contribution in [0.3, 0.4) is 0 Å². The number of hydrogen-bond donors (Lipinski definition) is 0. The summed E-state index contributed by atoms with van der Waals surface area (Å²) in [5.74, 6) is -1.21. The molecule has 0 aromatic heterocycles. The summed E-state index contributed by atoms with van der Waals surface area (Å²) < 4.78 is 40.1. The molecule has 0 saturated carbocycles. The van der Waals surface area contributed by atoms with Crippen molar-refractivity contribution in [2.75, 3.05) is 31.1 Å². The van der Waals surface area contributed by atoms with E-state index in [4.69, 9.17) is 0 Å².